The van der Waals surface area contributed by atoms with Crippen LogP contribution < -0.4 is 0 Å². The van der Waals surface area contributed by atoms with E-state index < -0.39 is 0 Å². The first-order valence-electron chi connectivity index (χ1n) is 6.72. The van der Waals surface area contributed by atoms with Crippen LogP contribution in [0.2, 0.25) is 5.28 Å². The second-order valence-corrected chi connectivity index (χ2v) is 7.30. The topological polar surface area (TPSA) is 29.0 Å². The van der Waals surface area contributed by atoms with Crippen molar-refractivity contribution >= 4 is 38.9 Å². The smallest absolute Gasteiger partial charge is 0.222 e. The number of rotatable bonds is 3. The summed E-state index contributed by atoms with van der Waals surface area (Å²) in [6.45, 7) is 3.48. The van der Waals surface area contributed by atoms with Crippen molar-refractivity contribution in [1.29, 1.82) is 0 Å². The number of halogens is 2. The third-order valence-corrected chi connectivity index (χ3v) is 5.28. The van der Waals surface area contributed by atoms with Crippen LogP contribution in [0.25, 0.3) is 10.6 Å². The minimum absolute atomic E-state index is 0.286. The van der Waals surface area contributed by atoms with Gasteiger partial charge in [-0.3, -0.25) is 4.90 Å². The molecular formula is C14H15BrClN3S. The molecule has 6 heteroatoms. The van der Waals surface area contributed by atoms with Gasteiger partial charge in [0.05, 0.1) is 15.0 Å². The molecule has 1 aliphatic heterocycles. The number of piperidine rings is 1. The van der Waals surface area contributed by atoms with Crippen LogP contribution in [0.15, 0.2) is 22.8 Å². The lowest BCUT2D eigenvalue weighted by molar-refractivity contribution is 0.222. The van der Waals surface area contributed by atoms with Crippen molar-refractivity contribution in [2.75, 3.05) is 13.1 Å². The van der Waals surface area contributed by atoms with Gasteiger partial charge in [-0.15, -0.1) is 11.3 Å². The number of hydrogen-bond donors (Lipinski definition) is 0. The molecule has 1 fully saturated rings. The van der Waals surface area contributed by atoms with Crippen LogP contribution in [0.5, 0.6) is 0 Å². The Balaban J connectivity index is 1.77. The Kier molecular flexibility index (Phi) is 4.71. The summed E-state index contributed by atoms with van der Waals surface area (Å²) in [5.41, 5.74) is 0.875. The molecule has 0 aromatic carbocycles. The lowest BCUT2D eigenvalue weighted by atomic mass is 10.1. The molecule has 0 saturated carbocycles. The maximum Gasteiger partial charge on any atom is 0.222 e. The Morgan fingerprint density at radius 1 is 1.25 bits per heavy atom. The van der Waals surface area contributed by atoms with Crippen molar-refractivity contribution < 1.29 is 0 Å². The molecule has 0 unspecified atom stereocenters. The molecule has 0 bridgehead atoms. The first-order valence-corrected chi connectivity index (χ1v) is 8.70. The Bertz CT molecular complexity index is 596. The third kappa shape index (κ3) is 3.39. The van der Waals surface area contributed by atoms with E-state index >= 15 is 0 Å². The number of thiophene rings is 1. The van der Waals surface area contributed by atoms with Gasteiger partial charge in [0.15, 0.2) is 0 Å². The van der Waals surface area contributed by atoms with Gasteiger partial charge in [-0.25, -0.2) is 9.97 Å². The predicted octanol–water partition coefficient (Wildman–Crippen LogP) is 4.61. The maximum absolute atomic E-state index is 5.88. The fraction of sp³-hybridized carbons (Fsp3) is 0.429. The molecule has 2 aromatic heterocycles. The van der Waals surface area contributed by atoms with E-state index in [1.165, 1.54) is 37.2 Å². The summed E-state index contributed by atoms with van der Waals surface area (Å²) in [4.78, 5) is 13.3. The highest BCUT2D eigenvalue weighted by molar-refractivity contribution is 9.10. The van der Waals surface area contributed by atoms with E-state index in [0.29, 0.717) is 0 Å². The zero-order valence-corrected chi connectivity index (χ0v) is 14.1. The molecule has 106 valence electrons. The van der Waals surface area contributed by atoms with Gasteiger partial charge in [-0.1, -0.05) is 6.42 Å². The molecule has 0 atom stereocenters. The number of hydrogen-bond acceptors (Lipinski definition) is 4. The largest absolute Gasteiger partial charge is 0.298 e. The summed E-state index contributed by atoms with van der Waals surface area (Å²) in [6, 6.07) is 4.31. The van der Waals surface area contributed by atoms with E-state index in [-0.39, 0.29) is 5.28 Å². The molecule has 1 saturated heterocycles. The van der Waals surface area contributed by atoms with Crippen molar-refractivity contribution in [2.45, 2.75) is 25.8 Å². The van der Waals surface area contributed by atoms with Crippen LogP contribution in [-0.2, 0) is 6.54 Å². The summed E-state index contributed by atoms with van der Waals surface area (Å²) < 4.78 is 0.883. The number of likely N-dealkylation sites (tertiary alicyclic amines) is 1. The van der Waals surface area contributed by atoms with E-state index in [1.54, 1.807) is 17.5 Å². The van der Waals surface area contributed by atoms with E-state index in [2.05, 4.69) is 42.9 Å². The monoisotopic (exact) mass is 371 g/mol. The molecule has 20 heavy (non-hydrogen) atoms. The average molecular weight is 373 g/mol. The van der Waals surface area contributed by atoms with Gasteiger partial charge in [0.25, 0.3) is 0 Å². The predicted molar refractivity (Wildman–Crippen MR) is 87.2 cm³/mol. The van der Waals surface area contributed by atoms with Crippen LogP contribution in [0.3, 0.4) is 0 Å². The first kappa shape index (κ1) is 14.4. The molecule has 0 aliphatic carbocycles. The summed E-state index contributed by atoms with van der Waals surface area (Å²) in [7, 11) is 0. The van der Waals surface area contributed by atoms with Crippen LogP contribution in [0.1, 0.15) is 24.1 Å². The fourth-order valence-electron chi connectivity index (χ4n) is 2.45. The lowest BCUT2D eigenvalue weighted by Gasteiger charge is -2.25. The standard InChI is InChI=1S/C14H15BrClN3S/c15-11-8-17-14(16)18-13(11)12-5-4-10(20-12)9-19-6-2-1-3-7-19/h4-5,8H,1-3,6-7,9H2. The van der Waals surface area contributed by atoms with Gasteiger partial charge in [-0.2, -0.15) is 0 Å². The van der Waals surface area contributed by atoms with Crippen molar-refractivity contribution in [2.24, 2.45) is 0 Å². The SMILES string of the molecule is Clc1ncc(Br)c(-c2ccc(CN3CCCCC3)s2)n1. The second kappa shape index (κ2) is 6.52. The van der Waals surface area contributed by atoms with E-state index in [1.807, 2.05) is 0 Å². The first-order chi connectivity index (χ1) is 9.72. The minimum atomic E-state index is 0.286. The summed E-state index contributed by atoms with van der Waals surface area (Å²) in [5.74, 6) is 0. The van der Waals surface area contributed by atoms with E-state index in [9.17, 15) is 0 Å². The van der Waals surface area contributed by atoms with Gasteiger partial charge in [0.1, 0.15) is 0 Å². The Hall–Kier alpha value is -0.490. The van der Waals surface area contributed by atoms with Crippen LogP contribution in [-0.4, -0.2) is 28.0 Å². The normalized spacial score (nSPS) is 16.5. The van der Waals surface area contributed by atoms with Crippen molar-refractivity contribution in [3.63, 3.8) is 0 Å². The average Bonchev–Trinajstić information content (AvgIpc) is 2.91. The zero-order chi connectivity index (χ0) is 13.9. The summed E-state index contributed by atoms with van der Waals surface area (Å²) >= 11 is 11.2. The molecule has 1 aliphatic rings. The molecule has 3 rings (SSSR count). The quantitative estimate of drug-likeness (QED) is 0.737. The number of aromatic nitrogens is 2. The van der Waals surface area contributed by atoms with E-state index in [0.717, 1.165) is 21.6 Å². The lowest BCUT2D eigenvalue weighted by Crippen LogP contribution is -2.28. The molecule has 0 radical (unpaired) electrons. The molecule has 0 spiro atoms. The highest BCUT2D eigenvalue weighted by Gasteiger charge is 2.14. The molecule has 2 aromatic rings. The summed E-state index contributed by atoms with van der Waals surface area (Å²) in [6.07, 6.45) is 5.73. The van der Waals surface area contributed by atoms with Crippen molar-refractivity contribution in [3.05, 3.63) is 33.0 Å². The van der Waals surface area contributed by atoms with Crippen molar-refractivity contribution in [3.8, 4) is 10.6 Å². The van der Waals surface area contributed by atoms with Gasteiger partial charge in [0, 0.05) is 17.6 Å². The molecule has 3 nitrogen and oxygen atoms in total. The molecule has 3 heterocycles. The minimum Gasteiger partial charge on any atom is -0.298 e. The van der Waals surface area contributed by atoms with Crippen LogP contribution in [0.4, 0.5) is 0 Å². The maximum atomic E-state index is 5.88. The van der Waals surface area contributed by atoms with E-state index in [4.69, 9.17) is 11.6 Å². The Labute approximate surface area is 136 Å². The van der Waals surface area contributed by atoms with Crippen LogP contribution >= 0.6 is 38.9 Å². The zero-order valence-electron chi connectivity index (χ0n) is 11.0. The van der Waals surface area contributed by atoms with Gasteiger partial charge >= 0.3 is 0 Å². The molecule has 0 N–H and O–H groups in total. The van der Waals surface area contributed by atoms with Gasteiger partial charge in [0.2, 0.25) is 5.28 Å². The van der Waals surface area contributed by atoms with Crippen LogP contribution in [0, 0.1) is 0 Å². The highest BCUT2D eigenvalue weighted by Crippen LogP contribution is 2.33. The Morgan fingerprint density at radius 3 is 2.85 bits per heavy atom. The molecule has 0 amide bonds. The Morgan fingerprint density at radius 2 is 2.05 bits per heavy atom. The highest BCUT2D eigenvalue weighted by atomic mass is 79.9. The van der Waals surface area contributed by atoms with Gasteiger partial charge in [-0.05, 0) is 65.6 Å². The van der Waals surface area contributed by atoms with Crippen molar-refractivity contribution in [1.82, 2.24) is 14.9 Å². The fourth-order valence-corrected chi connectivity index (χ4v) is 4.17. The van der Waals surface area contributed by atoms with Gasteiger partial charge < -0.3 is 0 Å². The summed E-state index contributed by atoms with van der Waals surface area (Å²) in [5, 5.41) is 0.286. The number of nitrogens with zero attached hydrogens (tertiary/aromatic N) is 3. The third-order valence-electron chi connectivity index (χ3n) is 3.44. The second-order valence-electron chi connectivity index (χ2n) is 4.94. The molecular weight excluding hydrogens is 358 g/mol.